The third-order valence-electron chi connectivity index (χ3n) is 3.90. The summed E-state index contributed by atoms with van der Waals surface area (Å²) in [6.07, 6.45) is 0.358. The second-order valence-corrected chi connectivity index (χ2v) is 9.00. The van der Waals surface area contributed by atoms with Gasteiger partial charge in [0.05, 0.1) is 16.4 Å². The molecule has 2 atom stereocenters. The summed E-state index contributed by atoms with van der Waals surface area (Å²) in [5.41, 5.74) is 2.36. The Balaban J connectivity index is 2.42. The molecule has 0 saturated heterocycles. The molecule has 138 valence electrons. The van der Waals surface area contributed by atoms with Gasteiger partial charge in [-0.05, 0) is 31.9 Å². The smallest absolute Gasteiger partial charge is 0.211 e. The van der Waals surface area contributed by atoms with Crippen molar-refractivity contribution in [2.24, 2.45) is 4.40 Å². The fourth-order valence-electron chi connectivity index (χ4n) is 2.50. The molecule has 5 nitrogen and oxygen atoms in total. The summed E-state index contributed by atoms with van der Waals surface area (Å²) in [7, 11) is -1.44. The number of nitro groups is 1. The first kappa shape index (κ1) is 20.0. The summed E-state index contributed by atoms with van der Waals surface area (Å²) in [5, 5.41) is 11.2. The van der Waals surface area contributed by atoms with Gasteiger partial charge >= 0.3 is 0 Å². The summed E-state index contributed by atoms with van der Waals surface area (Å²) in [5.74, 6) is -0.331. The Bertz CT molecular complexity index is 784. The maximum atomic E-state index is 12.6. The van der Waals surface area contributed by atoms with Crippen LogP contribution in [0.5, 0.6) is 0 Å². The van der Waals surface area contributed by atoms with E-state index in [-0.39, 0.29) is 17.4 Å². The molecule has 6 heteroatoms. The Morgan fingerprint density at radius 3 is 2.12 bits per heavy atom. The van der Waals surface area contributed by atoms with Crippen molar-refractivity contribution < 1.29 is 9.13 Å². The van der Waals surface area contributed by atoms with E-state index in [0.29, 0.717) is 12.1 Å². The largest absolute Gasteiger partial charge is 0.265 e. The highest BCUT2D eigenvalue weighted by atomic mass is 32.2. The van der Waals surface area contributed by atoms with Crippen LogP contribution in [0.4, 0.5) is 0 Å². The molecule has 0 aliphatic heterocycles. The van der Waals surface area contributed by atoms with Crippen LogP contribution in [0, 0.1) is 10.1 Å². The maximum absolute atomic E-state index is 12.6. The van der Waals surface area contributed by atoms with Gasteiger partial charge in [-0.25, -0.2) is 4.21 Å². The summed E-state index contributed by atoms with van der Waals surface area (Å²) < 4.78 is 16.5. The van der Waals surface area contributed by atoms with Gasteiger partial charge in [-0.2, -0.15) is 4.40 Å². The quantitative estimate of drug-likeness (QED) is 0.411. The zero-order valence-corrected chi connectivity index (χ0v) is 16.1. The topological polar surface area (TPSA) is 72.6 Å². The second-order valence-electron chi connectivity index (χ2n) is 7.09. The van der Waals surface area contributed by atoms with Crippen LogP contribution in [0.3, 0.4) is 0 Å². The van der Waals surface area contributed by atoms with Crippen molar-refractivity contribution in [3.05, 3.63) is 81.9 Å². The van der Waals surface area contributed by atoms with Gasteiger partial charge in [-0.3, -0.25) is 10.1 Å². The van der Waals surface area contributed by atoms with Gasteiger partial charge in [0.15, 0.2) is 0 Å². The summed E-state index contributed by atoms with van der Waals surface area (Å²) in [6.45, 7) is 5.39. The van der Waals surface area contributed by atoms with Crippen LogP contribution in [0.1, 0.15) is 44.2 Å². The fourth-order valence-corrected chi connectivity index (χ4v) is 3.16. The van der Waals surface area contributed by atoms with Gasteiger partial charge in [0.2, 0.25) is 6.54 Å². The van der Waals surface area contributed by atoms with Crippen LogP contribution >= 0.6 is 0 Å². The minimum Gasteiger partial charge on any atom is -0.265 e. The molecule has 26 heavy (non-hydrogen) atoms. The van der Waals surface area contributed by atoms with Crippen LogP contribution in [0.25, 0.3) is 0 Å². The third-order valence-corrected chi connectivity index (χ3v) is 5.34. The van der Waals surface area contributed by atoms with Crippen molar-refractivity contribution in [3.63, 3.8) is 0 Å². The average Bonchev–Trinajstić information content (AvgIpc) is 2.60. The predicted octanol–water partition coefficient (Wildman–Crippen LogP) is 4.39. The number of rotatable bonds is 7. The Labute approximate surface area is 156 Å². The van der Waals surface area contributed by atoms with E-state index < -0.39 is 15.7 Å². The fraction of sp³-hybridized carbons (Fsp3) is 0.350. The van der Waals surface area contributed by atoms with E-state index in [0.717, 1.165) is 11.1 Å². The number of hydrogen-bond donors (Lipinski definition) is 0. The molecule has 0 N–H and O–H groups in total. The van der Waals surface area contributed by atoms with Gasteiger partial charge in [0.1, 0.15) is 11.0 Å². The Morgan fingerprint density at radius 2 is 1.62 bits per heavy atom. The molecule has 0 fully saturated rings. The second kappa shape index (κ2) is 8.85. The van der Waals surface area contributed by atoms with Gasteiger partial charge < -0.3 is 0 Å². The van der Waals surface area contributed by atoms with Crippen LogP contribution in [-0.4, -0.2) is 26.1 Å². The van der Waals surface area contributed by atoms with Gasteiger partial charge in [0.25, 0.3) is 0 Å². The lowest BCUT2D eigenvalue weighted by Crippen LogP contribution is -2.23. The molecule has 0 radical (unpaired) electrons. The van der Waals surface area contributed by atoms with Crippen molar-refractivity contribution in [3.8, 4) is 0 Å². The zero-order chi connectivity index (χ0) is 19.2. The van der Waals surface area contributed by atoms with Crippen LogP contribution in [-0.2, 0) is 11.0 Å². The summed E-state index contributed by atoms with van der Waals surface area (Å²) in [6, 6.07) is 18.9. The molecule has 0 aromatic heterocycles. The molecule has 0 aliphatic rings. The molecule has 0 saturated carbocycles. The molecular weight excluding hydrogens is 348 g/mol. The Hall–Kier alpha value is -2.34. The molecule has 0 heterocycles. The predicted molar refractivity (Wildman–Crippen MR) is 107 cm³/mol. The molecular formula is C20H24N2O3S. The van der Waals surface area contributed by atoms with Crippen molar-refractivity contribution in [1.29, 1.82) is 0 Å². The van der Waals surface area contributed by atoms with Crippen LogP contribution < -0.4 is 0 Å². The highest BCUT2D eigenvalue weighted by Gasteiger charge is 2.24. The molecule has 0 amide bonds. The summed E-state index contributed by atoms with van der Waals surface area (Å²) in [4.78, 5) is 10.9. The molecule has 0 unspecified atom stereocenters. The lowest BCUT2D eigenvalue weighted by atomic mass is 9.91. The molecule has 2 aromatic carbocycles. The molecule has 0 bridgehead atoms. The van der Waals surface area contributed by atoms with E-state index in [1.165, 1.54) is 0 Å². The maximum Gasteiger partial charge on any atom is 0.211 e. The van der Waals surface area contributed by atoms with E-state index >= 15 is 0 Å². The first-order valence-electron chi connectivity index (χ1n) is 8.49. The molecule has 2 aromatic rings. The van der Waals surface area contributed by atoms with Gasteiger partial charge in [-0.15, -0.1) is 0 Å². The van der Waals surface area contributed by atoms with Gasteiger partial charge in [-0.1, -0.05) is 60.7 Å². The van der Waals surface area contributed by atoms with E-state index in [4.69, 9.17) is 0 Å². The monoisotopic (exact) mass is 372 g/mol. The van der Waals surface area contributed by atoms with E-state index in [9.17, 15) is 14.3 Å². The average molecular weight is 372 g/mol. The normalized spacial score (nSPS) is 14.7. The van der Waals surface area contributed by atoms with Crippen molar-refractivity contribution >= 4 is 16.7 Å². The Morgan fingerprint density at radius 1 is 1.08 bits per heavy atom. The first-order valence-corrected chi connectivity index (χ1v) is 9.60. The standard InChI is InChI=1S/C20H24N2O3S/c1-20(2,3)26(25)21-19(17-12-8-5-9-13-17)14-18(15-22(23)24)16-10-6-4-7-11-16/h4-13,18H,14-15H2,1-3H3/b21-19-/t18-,26-/m1/s1. The first-order chi connectivity index (χ1) is 12.3. The lowest BCUT2D eigenvalue weighted by Gasteiger charge is -2.18. The third kappa shape index (κ3) is 5.88. The van der Waals surface area contributed by atoms with Crippen molar-refractivity contribution in [2.75, 3.05) is 6.54 Å². The van der Waals surface area contributed by atoms with Crippen LogP contribution in [0.2, 0.25) is 0 Å². The lowest BCUT2D eigenvalue weighted by molar-refractivity contribution is -0.483. The van der Waals surface area contributed by atoms with Crippen molar-refractivity contribution in [2.45, 2.75) is 37.9 Å². The molecule has 0 aliphatic carbocycles. The number of hydrogen-bond acceptors (Lipinski definition) is 3. The number of nitrogens with zero attached hydrogens (tertiary/aromatic N) is 2. The van der Waals surface area contributed by atoms with E-state index in [2.05, 4.69) is 4.40 Å². The van der Waals surface area contributed by atoms with E-state index in [1.54, 1.807) is 0 Å². The molecule has 2 rings (SSSR count). The zero-order valence-electron chi connectivity index (χ0n) is 15.3. The SMILES string of the molecule is CC(C)(C)[S@@](=O)/N=C(/C[C@H](C[N+](=O)[O-])c1ccccc1)c1ccccc1. The number of benzene rings is 2. The van der Waals surface area contributed by atoms with Gasteiger partial charge in [0, 0.05) is 11.3 Å². The summed E-state index contributed by atoms with van der Waals surface area (Å²) >= 11 is 0. The van der Waals surface area contributed by atoms with Crippen LogP contribution in [0.15, 0.2) is 65.1 Å². The minimum atomic E-state index is -1.44. The minimum absolute atomic E-state index is 0.196. The van der Waals surface area contributed by atoms with E-state index in [1.807, 2.05) is 81.4 Å². The highest BCUT2D eigenvalue weighted by molar-refractivity contribution is 7.85. The Kier molecular flexibility index (Phi) is 6.80. The molecule has 0 spiro atoms. The van der Waals surface area contributed by atoms with Crippen molar-refractivity contribution in [1.82, 2.24) is 0 Å². The highest BCUT2D eigenvalue weighted by Crippen LogP contribution is 2.24.